The molecule has 0 radical (unpaired) electrons. The van der Waals surface area contributed by atoms with Crippen LogP contribution >= 0.6 is 0 Å². The molecule has 0 saturated heterocycles. The molecule has 0 saturated carbocycles. The van der Waals surface area contributed by atoms with Gasteiger partial charge in [-0.25, -0.2) is 4.39 Å². The number of hydrogen-bond donors (Lipinski definition) is 1. The van der Waals surface area contributed by atoms with Crippen LogP contribution in [0.3, 0.4) is 0 Å². The maximum Gasteiger partial charge on any atom is 0.416 e. The van der Waals surface area contributed by atoms with E-state index in [0.717, 1.165) is 30.3 Å². The van der Waals surface area contributed by atoms with Crippen LogP contribution in [0.15, 0.2) is 30.1 Å². The molecule has 0 fully saturated rings. The highest BCUT2D eigenvalue weighted by Crippen LogP contribution is 2.29. The van der Waals surface area contributed by atoms with Crippen molar-refractivity contribution in [3.8, 4) is 0 Å². The standard InChI is InChI=1S/C14H15F4NO2S/c1-9(8-22(2)21)19-13(20)12(15)7-10-3-5-11(6-4-10)14(16,17)18/h3-7,9H,8H2,1-2H3,(H,19,20). The zero-order valence-electron chi connectivity index (χ0n) is 11.9. The predicted octanol–water partition coefficient (Wildman–Crippen LogP) is 2.90. The molecule has 1 aromatic carbocycles. The van der Waals surface area contributed by atoms with Crippen molar-refractivity contribution in [1.82, 2.24) is 5.32 Å². The summed E-state index contributed by atoms with van der Waals surface area (Å²) in [5.74, 6) is -1.95. The Labute approximate surface area is 127 Å². The van der Waals surface area contributed by atoms with E-state index in [-0.39, 0.29) is 11.3 Å². The van der Waals surface area contributed by atoms with Crippen molar-refractivity contribution in [2.75, 3.05) is 12.0 Å². The van der Waals surface area contributed by atoms with Gasteiger partial charge in [-0.15, -0.1) is 0 Å². The van der Waals surface area contributed by atoms with Crippen molar-refractivity contribution in [3.63, 3.8) is 0 Å². The Morgan fingerprint density at radius 1 is 1.32 bits per heavy atom. The minimum absolute atomic E-state index is 0.132. The molecule has 0 aromatic heterocycles. The van der Waals surface area contributed by atoms with Crippen molar-refractivity contribution in [2.45, 2.75) is 19.1 Å². The molecule has 1 amide bonds. The Morgan fingerprint density at radius 2 is 1.86 bits per heavy atom. The molecular formula is C14H15F4NO2S. The second kappa shape index (κ2) is 7.53. The van der Waals surface area contributed by atoms with Crippen molar-refractivity contribution in [3.05, 3.63) is 41.2 Å². The van der Waals surface area contributed by atoms with Gasteiger partial charge in [-0.05, 0) is 30.7 Å². The number of hydrogen-bond acceptors (Lipinski definition) is 2. The second-order valence-electron chi connectivity index (χ2n) is 4.73. The van der Waals surface area contributed by atoms with Gasteiger partial charge in [-0.2, -0.15) is 13.2 Å². The van der Waals surface area contributed by atoms with Gasteiger partial charge in [0.2, 0.25) is 0 Å². The lowest BCUT2D eigenvalue weighted by Gasteiger charge is -2.11. The number of nitrogens with one attached hydrogen (secondary N) is 1. The molecule has 1 N–H and O–H groups in total. The van der Waals surface area contributed by atoms with E-state index in [0.29, 0.717) is 0 Å². The van der Waals surface area contributed by atoms with E-state index in [1.807, 2.05) is 0 Å². The molecule has 2 atom stereocenters. The molecule has 0 bridgehead atoms. The molecule has 0 aliphatic rings. The number of carbonyl (C=O) groups excluding carboxylic acids is 1. The van der Waals surface area contributed by atoms with Crippen LogP contribution < -0.4 is 5.32 Å². The lowest BCUT2D eigenvalue weighted by Crippen LogP contribution is -2.36. The smallest absolute Gasteiger partial charge is 0.347 e. The summed E-state index contributed by atoms with van der Waals surface area (Å²) in [6.45, 7) is 1.57. The Bertz CT molecular complexity index is 582. The molecular weight excluding hydrogens is 322 g/mol. The second-order valence-corrected chi connectivity index (χ2v) is 6.21. The van der Waals surface area contributed by atoms with Gasteiger partial charge in [0.25, 0.3) is 5.91 Å². The Kier molecular flexibility index (Phi) is 6.28. The molecule has 1 aromatic rings. The van der Waals surface area contributed by atoms with Gasteiger partial charge in [-0.3, -0.25) is 9.00 Å². The monoisotopic (exact) mass is 337 g/mol. The topological polar surface area (TPSA) is 46.2 Å². The first kappa shape index (κ1) is 18.3. The van der Waals surface area contributed by atoms with E-state index >= 15 is 0 Å². The van der Waals surface area contributed by atoms with Gasteiger partial charge in [0.05, 0.1) is 5.56 Å². The quantitative estimate of drug-likeness (QED) is 0.663. The van der Waals surface area contributed by atoms with Gasteiger partial charge in [0.1, 0.15) is 0 Å². The number of halogens is 4. The molecule has 0 aliphatic carbocycles. The Balaban J connectivity index is 2.75. The third-order valence-electron chi connectivity index (χ3n) is 2.61. The number of benzene rings is 1. The third-order valence-corrected chi connectivity index (χ3v) is 3.58. The lowest BCUT2D eigenvalue weighted by atomic mass is 10.1. The van der Waals surface area contributed by atoms with E-state index in [9.17, 15) is 26.6 Å². The highest BCUT2D eigenvalue weighted by Gasteiger charge is 2.29. The van der Waals surface area contributed by atoms with Gasteiger partial charge in [0.15, 0.2) is 5.83 Å². The normalized spacial score (nSPS) is 15.3. The fourth-order valence-corrected chi connectivity index (χ4v) is 2.45. The predicted molar refractivity (Wildman–Crippen MR) is 77.1 cm³/mol. The summed E-state index contributed by atoms with van der Waals surface area (Å²) in [4.78, 5) is 11.5. The summed E-state index contributed by atoms with van der Waals surface area (Å²) in [5, 5.41) is 2.31. The van der Waals surface area contributed by atoms with Crippen molar-refractivity contribution >= 4 is 22.8 Å². The van der Waals surface area contributed by atoms with Crippen LogP contribution in [0.4, 0.5) is 17.6 Å². The van der Waals surface area contributed by atoms with Crippen LogP contribution in [0.5, 0.6) is 0 Å². The van der Waals surface area contributed by atoms with Gasteiger partial charge < -0.3 is 5.32 Å². The van der Waals surface area contributed by atoms with Crippen LogP contribution in [-0.4, -0.2) is 28.2 Å². The first-order valence-electron chi connectivity index (χ1n) is 6.25. The molecule has 22 heavy (non-hydrogen) atoms. The fourth-order valence-electron chi connectivity index (χ4n) is 1.67. The van der Waals surface area contributed by atoms with Gasteiger partial charge in [-0.1, -0.05) is 12.1 Å². The number of carbonyl (C=O) groups is 1. The molecule has 2 unspecified atom stereocenters. The summed E-state index contributed by atoms with van der Waals surface area (Å²) >= 11 is 0. The van der Waals surface area contributed by atoms with E-state index in [2.05, 4.69) is 5.32 Å². The fraction of sp³-hybridized carbons (Fsp3) is 0.357. The minimum atomic E-state index is -4.47. The number of alkyl halides is 3. The highest BCUT2D eigenvalue weighted by molar-refractivity contribution is 7.84. The van der Waals surface area contributed by atoms with E-state index < -0.39 is 40.3 Å². The third kappa shape index (κ3) is 5.97. The number of rotatable bonds is 5. The molecule has 0 spiro atoms. The van der Waals surface area contributed by atoms with Crippen LogP contribution in [0, 0.1) is 0 Å². The Morgan fingerprint density at radius 3 is 2.32 bits per heavy atom. The maximum absolute atomic E-state index is 13.7. The molecule has 122 valence electrons. The summed E-state index contributed by atoms with van der Waals surface area (Å²) < 4.78 is 61.8. The van der Waals surface area contributed by atoms with Crippen LogP contribution in [0.2, 0.25) is 0 Å². The van der Waals surface area contributed by atoms with Gasteiger partial charge >= 0.3 is 6.18 Å². The average molecular weight is 337 g/mol. The van der Waals surface area contributed by atoms with Crippen molar-refractivity contribution in [2.24, 2.45) is 0 Å². The number of amides is 1. The first-order chi connectivity index (χ1) is 10.1. The van der Waals surface area contributed by atoms with Crippen LogP contribution in [0.25, 0.3) is 6.08 Å². The van der Waals surface area contributed by atoms with E-state index in [1.165, 1.54) is 6.26 Å². The highest BCUT2D eigenvalue weighted by atomic mass is 32.2. The zero-order valence-corrected chi connectivity index (χ0v) is 12.7. The summed E-state index contributed by atoms with van der Waals surface area (Å²) in [7, 11) is -1.14. The van der Waals surface area contributed by atoms with Crippen LogP contribution in [0.1, 0.15) is 18.1 Å². The Hall–Kier alpha value is -1.70. The summed E-state index contributed by atoms with van der Waals surface area (Å²) in [6.07, 6.45) is -2.18. The summed E-state index contributed by atoms with van der Waals surface area (Å²) in [5.41, 5.74) is -0.721. The summed E-state index contributed by atoms with van der Waals surface area (Å²) in [6, 6.07) is 3.27. The SMILES string of the molecule is CC(CS(C)=O)NC(=O)C(F)=Cc1ccc(C(F)(F)F)cc1. The first-order valence-corrected chi connectivity index (χ1v) is 7.97. The molecule has 0 aliphatic heterocycles. The molecule has 3 nitrogen and oxygen atoms in total. The van der Waals surface area contributed by atoms with Crippen LogP contribution in [-0.2, 0) is 21.8 Å². The molecule has 8 heteroatoms. The molecule has 0 heterocycles. The van der Waals surface area contributed by atoms with E-state index in [1.54, 1.807) is 6.92 Å². The average Bonchev–Trinajstić information content (AvgIpc) is 2.36. The van der Waals surface area contributed by atoms with Gasteiger partial charge in [0, 0.05) is 28.9 Å². The molecule has 1 rings (SSSR count). The largest absolute Gasteiger partial charge is 0.416 e. The van der Waals surface area contributed by atoms with E-state index in [4.69, 9.17) is 0 Å². The lowest BCUT2D eigenvalue weighted by molar-refractivity contribution is -0.137. The van der Waals surface area contributed by atoms with Crippen molar-refractivity contribution in [1.29, 1.82) is 0 Å². The maximum atomic E-state index is 13.7. The minimum Gasteiger partial charge on any atom is -0.347 e. The van der Waals surface area contributed by atoms with Crippen molar-refractivity contribution < 1.29 is 26.6 Å². The zero-order chi connectivity index (χ0) is 16.9.